The quantitative estimate of drug-likeness (QED) is 0.781. The van der Waals surface area contributed by atoms with Crippen molar-refractivity contribution in [3.05, 3.63) is 0 Å². The van der Waals surface area contributed by atoms with Crippen molar-refractivity contribution in [3.63, 3.8) is 0 Å². The van der Waals surface area contributed by atoms with E-state index < -0.39 is 5.60 Å². The molecule has 0 saturated carbocycles. The van der Waals surface area contributed by atoms with Gasteiger partial charge in [0.1, 0.15) is 5.60 Å². The number of rotatable bonds is 5. The minimum atomic E-state index is -0.488. The second kappa shape index (κ2) is 7.62. The molecule has 0 aromatic carbocycles. The van der Waals surface area contributed by atoms with E-state index in [1.54, 1.807) is 0 Å². The van der Waals surface area contributed by atoms with Gasteiger partial charge in [0.05, 0.1) is 6.42 Å². The van der Waals surface area contributed by atoms with Gasteiger partial charge in [0.25, 0.3) is 0 Å². The van der Waals surface area contributed by atoms with E-state index in [0.29, 0.717) is 0 Å². The molecule has 0 bridgehead atoms. The summed E-state index contributed by atoms with van der Waals surface area (Å²) in [7, 11) is 0. The fourth-order valence-electron chi connectivity index (χ4n) is 2.37. The zero-order valence-corrected chi connectivity index (χ0v) is 13.2. The highest BCUT2D eigenvalue weighted by atomic mass is 16.6. The van der Waals surface area contributed by atoms with E-state index in [0.717, 1.165) is 32.5 Å². The molecule has 1 aliphatic heterocycles. The van der Waals surface area contributed by atoms with Gasteiger partial charge in [0.15, 0.2) is 0 Å². The Labute approximate surface area is 122 Å². The largest absolute Gasteiger partial charge is 0.460 e. The normalized spacial score (nSPS) is 20.5. The van der Waals surface area contributed by atoms with Crippen LogP contribution in [0.1, 0.15) is 53.4 Å². The van der Waals surface area contributed by atoms with E-state index in [2.05, 4.69) is 17.1 Å². The summed E-state index contributed by atoms with van der Waals surface area (Å²) in [5.74, 6) is -0.370. The molecule has 20 heavy (non-hydrogen) atoms. The van der Waals surface area contributed by atoms with Gasteiger partial charge in [0.2, 0.25) is 5.91 Å². The summed E-state index contributed by atoms with van der Waals surface area (Å²) in [6, 6.07) is 0.217. The maximum Gasteiger partial charge on any atom is 0.306 e. The first kappa shape index (κ1) is 17.0. The van der Waals surface area contributed by atoms with Crippen LogP contribution in [0.25, 0.3) is 0 Å². The monoisotopic (exact) mass is 284 g/mol. The van der Waals surface area contributed by atoms with Gasteiger partial charge in [-0.05, 0) is 46.7 Å². The maximum absolute atomic E-state index is 11.8. The number of piperidine rings is 1. The van der Waals surface area contributed by atoms with Crippen molar-refractivity contribution in [3.8, 4) is 0 Å². The van der Waals surface area contributed by atoms with E-state index in [9.17, 15) is 9.59 Å². The predicted octanol–water partition coefficient (Wildman–Crippen LogP) is 1.71. The number of esters is 1. The van der Waals surface area contributed by atoms with Crippen LogP contribution in [-0.4, -0.2) is 48.1 Å². The molecule has 1 heterocycles. The number of carbonyl (C=O) groups excluding carboxylic acids is 2. The van der Waals surface area contributed by atoms with Crippen LogP contribution in [0.5, 0.6) is 0 Å². The Bertz CT molecular complexity index is 337. The average Bonchev–Trinajstić information content (AvgIpc) is 2.34. The van der Waals surface area contributed by atoms with Gasteiger partial charge in [-0.1, -0.05) is 6.92 Å². The van der Waals surface area contributed by atoms with Gasteiger partial charge in [-0.3, -0.25) is 9.59 Å². The number of ether oxygens (including phenoxy) is 1. The number of hydrogen-bond donors (Lipinski definition) is 1. The van der Waals surface area contributed by atoms with Crippen LogP contribution in [0.4, 0.5) is 0 Å². The first-order chi connectivity index (χ1) is 9.30. The first-order valence-electron chi connectivity index (χ1n) is 7.53. The molecule has 1 unspecified atom stereocenters. The van der Waals surface area contributed by atoms with E-state index in [-0.39, 0.29) is 30.8 Å². The lowest BCUT2D eigenvalue weighted by Crippen LogP contribution is -2.47. The van der Waals surface area contributed by atoms with Crippen LogP contribution in [0.3, 0.4) is 0 Å². The van der Waals surface area contributed by atoms with E-state index in [4.69, 9.17) is 4.74 Å². The molecular formula is C15H28N2O3. The van der Waals surface area contributed by atoms with Gasteiger partial charge >= 0.3 is 5.97 Å². The van der Waals surface area contributed by atoms with E-state index in [1.807, 2.05) is 20.8 Å². The Morgan fingerprint density at radius 2 is 2.00 bits per heavy atom. The SMILES string of the molecule is CCN1CCCC(NC(=O)CCC(=O)OC(C)(C)C)C1. The Balaban J connectivity index is 2.24. The second-order valence-electron chi connectivity index (χ2n) is 6.39. The highest BCUT2D eigenvalue weighted by Gasteiger charge is 2.21. The van der Waals surface area contributed by atoms with Crippen molar-refractivity contribution in [1.82, 2.24) is 10.2 Å². The second-order valence-corrected chi connectivity index (χ2v) is 6.39. The Hall–Kier alpha value is -1.10. The van der Waals surface area contributed by atoms with Crippen LogP contribution in [0, 0.1) is 0 Å². The fraction of sp³-hybridized carbons (Fsp3) is 0.867. The third kappa shape index (κ3) is 6.89. The third-order valence-electron chi connectivity index (χ3n) is 3.29. The lowest BCUT2D eigenvalue weighted by atomic mass is 10.1. The van der Waals surface area contributed by atoms with Crippen molar-refractivity contribution in [2.75, 3.05) is 19.6 Å². The molecule has 0 aromatic heterocycles. The van der Waals surface area contributed by atoms with Gasteiger partial charge in [-0.2, -0.15) is 0 Å². The molecule has 1 saturated heterocycles. The Morgan fingerprint density at radius 3 is 2.60 bits per heavy atom. The number of likely N-dealkylation sites (tertiary alicyclic amines) is 1. The van der Waals surface area contributed by atoms with Gasteiger partial charge in [-0.25, -0.2) is 0 Å². The van der Waals surface area contributed by atoms with Crippen LogP contribution < -0.4 is 5.32 Å². The predicted molar refractivity (Wildman–Crippen MR) is 78.4 cm³/mol. The standard InChI is InChI=1S/C15H28N2O3/c1-5-17-10-6-7-12(11-17)16-13(18)8-9-14(19)20-15(2,3)4/h12H,5-11H2,1-4H3,(H,16,18). The summed E-state index contributed by atoms with van der Waals surface area (Å²) in [4.78, 5) is 25.7. The molecule has 5 heteroatoms. The van der Waals surface area contributed by atoms with Crippen molar-refractivity contribution in [2.24, 2.45) is 0 Å². The highest BCUT2D eigenvalue weighted by Crippen LogP contribution is 2.11. The minimum Gasteiger partial charge on any atom is -0.460 e. The molecule has 1 aliphatic rings. The summed E-state index contributed by atoms with van der Waals surface area (Å²) in [6.45, 7) is 10.7. The number of nitrogens with zero attached hydrogens (tertiary/aromatic N) is 1. The number of amides is 1. The average molecular weight is 284 g/mol. The molecule has 0 radical (unpaired) electrons. The lowest BCUT2D eigenvalue weighted by molar-refractivity contribution is -0.155. The molecule has 1 fully saturated rings. The number of nitrogens with one attached hydrogen (secondary N) is 1. The van der Waals surface area contributed by atoms with Crippen molar-refractivity contribution in [2.45, 2.75) is 65.0 Å². The molecule has 0 aromatic rings. The Morgan fingerprint density at radius 1 is 1.30 bits per heavy atom. The van der Waals surface area contributed by atoms with Gasteiger partial charge in [-0.15, -0.1) is 0 Å². The van der Waals surface area contributed by atoms with Crippen molar-refractivity contribution < 1.29 is 14.3 Å². The molecule has 116 valence electrons. The topological polar surface area (TPSA) is 58.6 Å². The van der Waals surface area contributed by atoms with Crippen LogP contribution in [0.15, 0.2) is 0 Å². The summed E-state index contributed by atoms with van der Waals surface area (Å²) >= 11 is 0. The van der Waals surface area contributed by atoms with Crippen molar-refractivity contribution >= 4 is 11.9 Å². The zero-order chi connectivity index (χ0) is 15.2. The summed E-state index contributed by atoms with van der Waals surface area (Å²) in [5, 5.41) is 3.01. The lowest BCUT2D eigenvalue weighted by Gasteiger charge is -2.32. The van der Waals surface area contributed by atoms with Crippen LogP contribution in [-0.2, 0) is 14.3 Å². The summed E-state index contributed by atoms with van der Waals surface area (Å²) < 4.78 is 5.19. The molecular weight excluding hydrogens is 256 g/mol. The fourth-order valence-corrected chi connectivity index (χ4v) is 2.37. The molecule has 0 spiro atoms. The first-order valence-corrected chi connectivity index (χ1v) is 7.53. The smallest absolute Gasteiger partial charge is 0.306 e. The highest BCUT2D eigenvalue weighted by molar-refractivity contribution is 5.81. The van der Waals surface area contributed by atoms with Crippen LogP contribution >= 0.6 is 0 Å². The number of hydrogen-bond acceptors (Lipinski definition) is 4. The summed E-state index contributed by atoms with van der Waals surface area (Å²) in [5.41, 5.74) is -0.488. The zero-order valence-electron chi connectivity index (χ0n) is 13.2. The van der Waals surface area contributed by atoms with Crippen LogP contribution in [0.2, 0.25) is 0 Å². The molecule has 1 rings (SSSR count). The van der Waals surface area contributed by atoms with E-state index in [1.165, 1.54) is 0 Å². The van der Waals surface area contributed by atoms with Gasteiger partial charge < -0.3 is 15.0 Å². The number of carbonyl (C=O) groups is 2. The van der Waals surface area contributed by atoms with Crippen molar-refractivity contribution in [1.29, 1.82) is 0 Å². The molecule has 1 amide bonds. The third-order valence-corrected chi connectivity index (χ3v) is 3.29. The molecule has 0 aliphatic carbocycles. The maximum atomic E-state index is 11.8. The number of likely N-dealkylation sites (N-methyl/N-ethyl adjacent to an activating group) is 1. The van der Waals surface area contributed by atoms with Gasteiger partial charge in [0, 0.05) is 19.0 Å². The summed E-state index contributed by atoms with van der Waals surface area (Å²) in [6.07, 6.45) is 2.49. The molecule has 1 atom stereocenters. The molecule has 1 N–H and O–H groups in total. The van der Waals surface area contributed by atoms with E-state index >= 15 is 0 Å². The minimum absolute atomic E-state index is 0.0567. The Kier molecular flexibility index (Phi) is 6.46. The molecule has 5 nitrogen and oxygen atoms in total.